The quantitative estimate of drug-likeness (QED) is 0.170. The lowest BCUT2D eigenvalue weighted by atomic mass is 9.33. The number of hydrogen-bond acceptors (Lipinski definition) is 2. The van der Waals surface area contributed by atoms with Crippen molar-refractivity contribution >= 4 is 57.2 Å². The second-order valence-corrected chi connectivity index (χ2v) is 18.7. The standard InChI is InChI=1S/C47H55BN2/c1-30-26-41-43-42(27-30)50(36-22-16-32(17-23-36)45(5,6)7)40-25-19-34(47(11,12)13)29-38(40)48(43)37-28-33(46(8,9)10)18-24-39(37)49(41)35-20-14-31(15-21-35)44(2,3)4/h14-29H,1-13H3/i1D3. The minimum absolute atomic E-state index is 0.00287. The summed E-state index contributed by atoms with van der Waals surface area (Å²) in [6.45, 7) is 24.7. The molecule has 2 heterocycles. The van der Waals surface area contributed by atoms with E-state index in [0.717, 1.165) is 39.6 Å². The maximum atomic E-state index is 8.74. The molecule has 0 amide bonds. The van der Waals surface area contributed by atoms with E-state index in [1.165, 1.54) is 33.2 Å². The molecule has 0 saturated carbocycles. The Kier molecular flexibility index (Phi) is 6.97. The average molecular weight is 662 g/mol. The lowest BCUT2D eigenvalue weighted by molar-refractivity contribution is 0.590. The Morgan fingerprint density at radius 3 is 1.08 bits per heavy atom. The summed E-state index contributed by atoms with van der Waals surface area (Å²) in [7, 11) is 0. The zero-order valence-electron chi connectivity index (χ0n) is 35.2. The predicted octanol–water partition coefficient (Wildman–Crippen LogP) is 11.3. The Bertz CT molecular complexity index is 2060. The molecule has 0 saturated heterocycles. The van der Waals surface area contributed by atoms with Crippen LogP contribution in [0.25, 0.3) is 0 Å². The van der Waals surface area contributed by atoms with Crippen LogP contribution in [-0.4, -0.2) is 6.71 Å². The van der Waals surface area contributed by atoms with Gasteiger partial charge in [-0.2, -0.15) is 0 Å². The largest absolute Gasteiger partial charge is 0.311 e. The highest BCUT2D eigenvalue weighted by molar-refractivity contribution is 7.00. The molecule has 5 aromatic rings. The fourth-order valence-corrected chi connectivity index (χ4v) is 7.72. The molecular weight excluding hydrogens is 603 g/mol. The van der Waals surface area contributed by atoms with E-state index >= 15 is 0 Å². The summed E-state index contributed by atoms with van der Waals surface area (Å²) in [6.07, 6.45) is 0. The molecule has 0 aromatic heterocycles. The van der Waals surface area contributed by atoms with E-state index in [-0.39, 0.29) is 28.4 Å². The van der Waals surface area contributed by atoms with Crippen molar-refractivity contribution in [2.45, 2.75) is 112 Å². The van der Waals surface area contributed by atoms with Crippen LogP contribution in [0.15, 0.2) is 97.1 Å². The molecule has 7 rings (SSSR count). The lowest BCUT2D eigenvalue weighted by Gasteiger charge is -2.45. The van der Waals surface area contributed by atoms with E-state index in [0.29, 0.717) is 5.56 Å². The molecule has 256 valence electrons. The molecule has 0 N–H and O–H groups in total. The molecule has 0 atom stereocenters. The first-order valence-corrected chi connectivity index (χ1v) is 18.2. The van der Waals surface area contributed by atoms with Gasteiger partial charge in [-0.15, -0.1) is 0 Å². The molecule has 2 nitrogen and oxygen atoms in total. The van der Waals surface area contributed by atoms with Gasteiger partial charge in [-0.05, 0) is 121 Å². The SMILES string of the molecule is [2H]C([2H])([2H])c1cc2c3c(c1)N(c1ccc(C(C)(C)C)cc1)c1ccc(C(C)(C)C)cc1B3c1cc(C(C)(C)C)ccc1N2c1ccc(C(C)(C)C)cc1. The first-order chi connectivity index (χ1) is 24.4. The van der Waals surface area contributed by atoms with Gasteiger partial charge in [0.15, 0.2) is 0 Å². The Balaban J connectivity index is 1.61. The Morgan fingerprint density at radius 2 is 0.760 bits per heavy atom. The molecule has 0 bridgehead atoms. The van der Waals surface area contributed by atoms with Crippen molar-refractivity contribution in [3.05, 3.63) is 125 Å². The molecule has 0 spiro atoms. The van der Waals surface area contributed by atoms with Gasteiger partial charge in [0.25, 0.3) is 6.71 Å². The van der Waals surface area contributed by atoms with Crippen molar-refractivity contribution in [2.24, 2.45) is 0 Å². The van der Waals surface area contributed by atoms with Crippen molar-refractivity contribution in [1.29, 1.82) is 0 Å². The van der Waals surface area contributed by atoms with E-state index in [1.54, 1.807) is 0 Å². The molecule has 2 aliphatic rings. The van der Waals surface area contributed by atoms with Gasteiger partial charge in [0.1, 0.15) is 0 Å². The van der Waals surface area contributed by atoms with E-state index in [4.69, 9.17) is 4.11 Å². The van der Waals surface area contributed by atoms with Crippen molar-refractivity contribution < 1.29 is 4.11 Å². The number of hydrogen-bond donors (Lipinski definition) is 0. The number of rotatable bonds is 2. The maximum Gasteiger partial charge on any atom is 0.252 e. The summed E-state index contributed by atoms with van der Waals surface area (Å²) in [5.74, 6) is 0. The Morgan fingerprint density at radius 1 is 0.420 bits per heavy atom. The van der Waals surface area contributed by atoms with Gasteiger partial charge in [-0.25, -0.2) is 0 Å². The molecule has 0 unspecified atom stereocenters. The highest BCUT2D eigenvalue weighted by Crippen LogP contribution is 2.46. The maximum absolute atomic E-state index is 8.74. The van der Waals surface area contributed by atoms with Crippen molar-refractivity contribution in [1.82, 2.24) is 0 Å². The molecule has 3 heteroatoms. The molecular formula is C47H55BN2. The van der Waals surface area contributed by atoms with Crippen LogP contribution in [0, 0.1) is 6.85 Å². The fraction of sp³-hybridized carbons (Fsp3) is 0.362. The summed E-state index contributed by atoms with van der Waals surface area (Å²) in [5, 5.41) is 0. The molecule has 5 aromatic carbocycles. The van der Waals surface area contributed by atoms with Crippen LogP contribution in [0.4, 0.5) is 34.1 Å². The first-order valence-electron chi connectivity index (χ1n) is 19.7. The number of nitrogens with zero attached hydrogens (tertiary/aromatic N) is 2. The Hall–Kier alpha value is -4.24. The zero-order chi connectivity index (χ0) is 38.6. The van der Waals surface area contributed by atoms with Crippen LogP contribution in [0.2, 0.25) is 0 Å². The van der Waals surface area contributed by atoms with Crippen LogP contribution in [0.5, 0.6) is 0 Å². The minimum atomic E-state index is -2.31. The molecule has 0 radical (unpaired) electrons. The summed E-state index contributed by atoms with van der Waals surface area (Å²) >= 11 is 0. The molecule has 50 heavy (non-hydrogen) atoms. The van der Waals surface area contributed by atoms with Crippen LogP contribution < -0.4 is 26.2 Å². The molecule has 0 fully saturated rings. The predicted molar refractivity (Wildman–Crippen MR) is 220 cm³/mol. The fourth-order valence-electron chi connectivity index (χ4n) is 7.72. The number of fused-ring (bicyclic) bond motifs is 4. The minimum Gasteiger partial charge on any atom is -0.311 e. The van der Waals surface area contributed by atoms with Crippen molar-refractivity contribution in [2.75, 3.05) is 9.80 Å². The van der Waals surface area contributed by atoms with Gasteiger partial charge in [0, 0.05) is 38.2 Å². The van der Waals surface area contributed by atoms with Gasteiger partial charge in [-0.1, -0.05) is 132 Å². The molecule has 0 aliphatic carbocycles. The average Bonchev–Trinajstić information content (AvgIpc) is 3.05. The van der Waals surface area contributed by atoms with Crippen LogP contribution in [-0.2, 0) is 21.7 Å². The van der Waals surface area contributed by atoms with E-state index < -0.39 is 6.85 Å². The number of aryl methyl sites for hydroxylation is 1. The van der Waals surface area contributed by atoms with Crippen molar-refractivity contribution in [3.63, 3.8) is 0 Å². The van der Waals surface area contributed by atoms with Crippen LogP contribution >= 0.6 is 0 Å². The summed E-state index contributed by atoms with van der Waals surface area (Å²) in [4.78, 5) is 4.64. The lowest BCUT2D eigenvalue weighted by Crippen LogP contribution is -2.61. The van der Waals surface area contributed by atoms with E-state index in [2.05, 4.69) is 178 Å². The van der Waals surface area contributed by atoms with E-state index in [1.807, 2.05) is 12.1 Å². The van der Waals surface area contributed by atoms with Crippen LogP contribution in [0.1, 0.15) is 115 Å². The third kappa shape index (κ3) is 5.77. The Labute approximate surface area is 306 Å². The van der Waals surface area contributed by atoms with Gasteiger partial charge >= 0.3 is 0 Å². The number of benzene rings is 5. The highest BCUT2D eigenvalue weighted by Gasteiger charge is 2.44. The second-order valence-electron chi connectivity index (χ2n) is 18.7. The summed E-state index contributed by atoms with van der Waals surface area (Å²) < 4.78 is 26.2. The van der Waals surface area contributed by atoms with Gasteiger partial charge in [0.05, 0.1) is 0 Å². The third-order valence-corrected chi connectivity index (χ3v) is 10.8. The highest BCUT2D eigenvalue weighted by atomic mass is 15.2. The molecule has 2 aliphatic heterocycles. The van der Waals surface area contributed by atoms with Gasteiger partial charge in [-0.3, -0.25) is 0 Å². The summed E-state index contributed by atoms with van der Waals surface area (Å²) in [6, 6.07) is 35.5. The smallest absolute Gasteiger partial charge is 0.252 e. The topological polar surface area (TPSA) is 6.48 Å². The van der Waals surface area contributed by atoms with Crippen molar-refractivity contribution in [3.8, 4) is 0 Å². The monoisotopic (exact) mass is 661 g/mol. The first kappa shape index (κ1) is 30.6. The van der Waals surface area contributed by atoms with Gasteiger partial charge < -0.3 is 9.80 Å². The zero-order valence-corrected chi connectivity index (χ0v) is 32.2. The second kappa shape index (κ2) is 11.4. The summed E-state index contributed by atoms with van der Waals surface area (Å²) in [5.41, 5.74) is 14.9. The van der Waals surface area contributed by atoms with E-state index in [9.17, 15) is 0 Å². The third-order valence-electron chi connectivity index (χ3n) is 10.8. The number of anilines is 6. The van der Waals surface area contributed by atoms with Crippen LogP contribution in [0.3, 0.4) is 0 Å². The normalized spacial score (nSPS) is 15.5. The van der Waals surface area contributed by atoms with Gasteiger partial charge in [0.2, 0.25) is 0 Å².